The Morgan fingerprint density at radius 3 is 2.74 bits per heavy atom. The SMILES string of the molecule is C=C1C(=O)O[C@H]2[C@H]1[C@H](OC(=O)/C(=C/CO)CO)C[C@@]1(C)[C@H](O)CCC(=C)[C@H]21. The Hall–Kier alpha value is -1.96. The highest BCUT2D eigenvalue weighted by atomic mass is 16.6. The summed E-state index contributed by atoms with van der Waals surface area (Å²) in [5.41, 5.74) is 0.434. The van der Waals surface area contributed by atoms with Crippen LogP contribution in [0.15, 0.2) is 36.0 Å². The monoisotopic (exact) mass is 378 g/mol. The molecule has 148 valence electrons. The first-order valence-electron chi connectivity index (χ1n) is 9.11. The van der Waals surface area contributed by atoms with Gasteiger partial charge in [-0.3, -0.25) is 0 Å². The minimum Gasteiger partial charge on any atom is -0.458 e. The van der Waals surface area contributed by atoms with Crippen molar-refractivity contribution in [2.24, 2.45) is 17.3 Å². The maximum absolute atomic E-state index is 12.4. The van der Waals surface area contributed by atoms with Crippen molar-refractivity contribution in [3.05, 3.63) is 36.0 Å². The van der Waals surface area contributed by atoms with Crippen LogP contribution in [0.2, 0.25) is 0 Å². The van der Waals surface area contributed by atoms with Crippen LogP contribution in [0, 0.1) is 17.3 Å². The molecule has 2 aliphatic carbocycles. The largest absolute Gasteiger partial charge is 0.458 e. The fraction of sp³-hybridized carbons (Fsp3) is 0.600. The highest BCUT2D eigenvalue weighted by Crippen LogP contribution is 2.57. The molecule has 1 aliphatic heterocycles. The lowest BCUT2D eigenvalue weighted by atomic mass is 9.53. The summed E-state index contributed by atoms with van der Waals surface area (Å²) < 4.78 is 11.2. The van der Waals surface area contributed by atoms with Crippen LogP contribution in [0.25, 0.3) is 0 Å². The van der Waals surface area contributed by atoms with E-state index in [1.54, 1.807) is 0 Å². The maximum Gasteiger partial charge on any atom is 0.336 e. The van der Waals surface area contributed by atoms with Crippen LogP contribution < -0.4 is 0 Å². The molecule has 1 saturated heterocycles. The van der Waals surface area contributed by atoms with Crippen molar-refractivity contribution in [2.75, 3.05) is 13.2 Å². The van der Waals surface area contributed by atoms with Crippen molar-refractivity contribution in [3.63, 3.8) is 0 Å². The normalized spacial score (nSPS) is 38.9. The van der Waals surface area contributed by atoms with Crippen LogP contribution in [0.3, 0.4) is 0 Å². The van der Waals surface area contributed by atoms with Crippen molar-refractivity contribution in [2.45, 2.75) is 44.5 Å². The molecule has 3 fully saturated rings. The molecular weight excluding hydrogens is 352 g/mol. The number of aliphatic hydroxyl groups excluding tert-OH is 3. The van der Waals surface area contributed by atoms with E-state index < -0.39 is 54.8 Å². The van der Waals surface area contributed by atoms with Crippen molar-refractivity contribution in [1.82, 2.24) is 0 Å². The molecule has 0 aromatic rings. The van der Waals surface area contributed by atoms with Crippen molar-refractivity contribution in [3.8, 4) is 0 Å². The molecule has 7 heteroatoms. The van der Waals surface area contributed by atoms with E-state index in [0.717, 1.165) is 5.57 Å². The molecule has 3 aliphatic rings. The van der Waals surface area contributed by atoms with Gasteiger partial charge in [0.1, 0.15) is 12.2 Å². The molecule has 0 radical (unpaired) electrons. The molecule has 0 amide bonds. The molecular formula is C20H26O7. The number of hydrogen-bond acceptors (Lipinski definition) is 7. The third kappa shape index (κ3) is 3.13. The lowest BCUT2D eigenvalue weighted by Crippen LogP contribution is -2.58. The van der Waals surface area contributed by atoms with E-state index >= 15 is 0 Å². The topological polar surface area (TPSA) is 113 Å². The summed E-state index contributed by atoms with van der Waals surface area (Å²) in [6, 6.07) is 0. The molecule has 0 spiro atoms. The van der Waals surface area contributed by atoms with Crippen LogP contribution in [-0.4, -0.2) is 58.8 Å². The second kappa shape index (κ2) is 7.22. The van der Waals surface area contributed by atoms with Gasteiger partial charge in [-0.05, 0) is 25.3 Å². The number of fused-ring (bicyclic) bond motifs is 3. The molecule has 0 aromatic carbocycles. The summed E-state index contributed by atoms with van der Waals surface area (Å²) in [5, 5.41) is 29.0. The predicted octanol–water partition coefficient (Wildman–Crippen LogP) is 0.644. The molecule has 0 aromatic heterocycles. The second-order valence-corrected chi connectivity index (χ2v) is 7.84. The predicted molar refractivity (Wildman–Crippen MR) is 95.2 cm³/mol. The van der Waals surface area contributed by atoms with E-state index in [1.165, 1.54) is 6.08 Å². The maximum atomic E-state index is 12.4. The highest BCUT2D eigenvalue weighted by Gasteiger charge is 2.62. The van der Waals surface area contributed by atoms with E-state index in [1.807, 2.05) is 6.92 Å². The Kier molecular flexibility index (Phi) is 5.29. The van der Waals surface area contributed by atoms with Crippen LogP contribution in [0.5, 0.6) is 0 Å². The number of esters is 2. The van der Waals surface area contributed by atoms with Crippen LogP contribution in [-0.2, 0) is 19.1 Å². The number of carbonyl (C=O) groups is 2. The van der Waals surface area contributed by atoms with E-state index in [0.29, 0.717) is 19.3 Å². The van der Waals surface area contributed by atoms with Crippen LogP contribution in [0.4, 0.5) is 0 Å². The van der Waals surface area contributed by atoms with Gasteiger partial charge in [0.15, 0.2) is 0 Å². The zero-order chi connectivity index (χ0) is 19.9. The van der Waals surface area contributed by atoms with Crippen molar-refractivity contribution in [1.29, 1.82) is 0 Å². The van der Waals surface area contributed by atoms with Gasteiger partial charge < -0.3 is 24.8 Å². The average Bonchev–Trinajstić information content (AvgIpc) is 2.91. The van der Waals surface area contributed by atoms with Gasteiger partial charge in [-0.25, -0.2) is 9.59 Å². The van der Waals surface area contributed by atoms with Gasteiger partial charge >= 0.3 is 11.9 Å². The van der Waals surface area contributed by atoms with Gasteiger partial charge in [0.25, 0.3) is 0 Å². The van der Waals surface area contributed by atoms with E-state index in [9.17, 15) is 19.8 Å². The summed E-state index contributed by atoms with van der Waals surface area (Å²) >= 11 is 0. The van der Waals surface area contributed by atoms with Crippen LogP contribution in [0.1, 0.15) is 26.2 Å². The molecule has 27 heavy (non-hydrogen) atoms. The molecule has 3 N–H and O–H groups in total. The zero-order valence-electron chi connectivity index (χ0n) is 15.4. The van der Waals surface area contributed by atoms with E-state index in [2.05, 4.69) is 13.2 Å². The van der Waals surface area contributed by atoms with Crippen molar-refractivity contribution < 1.29 is 34.4 Å². The van der Waals surface area contributed by atoms with Gasteiger partial charge in [0, 0.05) is 16.9 Å². The molecule has 1 heterocycles. The third-order valence-electron chi connectivity index (χ3n) is 6.31. The first-order valence-corrected chi connectivity index (χ1v) is 9.11. The van der Waals surface area contributed by atoms with Gasteiger partial charge in [-0.2, -0.15) is 0 Å². The fourth-order valence-electron chi connectivity index (χ4n) is 4.88. The molecule has 7 nitrogen and oxygen atoms in total. The fourth-order valence-corrected chi connectivity index (χ4v) is 4.88. The van der Waals surface area contributed by atoms with Gasteiger partial charge in [0.2, 0.25) is 0 Å². The van der Waals surface area contributed by atoms with E-state index in [4.69, 9.17) is 14.6 Å². The Morgan fingerprint density at radius 1 is 1.41 bits per heavy atom. The molecule has 0 bridgehead atoms. The summed E-state index contributed by atoms with van der Waals surface area (Å²) in [6.07, 6.45) is 0.708. The molecule has 3 rings (SSSR count). The Bertz CT molecular complexity index is 709. The lowest BCUT2D eigenvalue weighted by molar-refractivity contribution is -0.175. The summed E-state index contributed by atoms with van der Waals surface area (Å²) in [5.74, 6) is -2.07. The Morgan fingerprint density at radius 2 is 2.11 bits per heavy atom. The molecule has 6 atom stereocenters. The van der Waals surface area contributed by atoms with Crippen LogP contribution >= 0.6 is 0 Å². The van der Waals surface area contributed by atoms with Gasteiger partial charge in [-0.15, -0.1) is 0 Å². The summed E-state index contributed by atoms with van der Waals surface area (Å²) in [7, 11) is 0. The number of hydrogen-bond donors (Lipinski definition) is 3. The standard InChI is InChI=1S/C20H26O7/c1-10-4-5-14(23)20(3)8-13(26-19(25)12(9-22)6-7-21)15-11(2)18(24)27-17(15)16(10)20/h6,13-17,21-23H,1-2,4-5,7-9H2,3H3/b12-6+/t13-,14-,15-,16-,17+,20+/m1/s1. The Labute approximate surface area is 158 Å². The molecule has 0 unspecified atom stereocenters. The average molecular weight is 378 g/mol. The number of carbonyl (C=O) groups excluding carboxylic acids is 2. The number of ether oxygens (including phenoxy) is 2. The van der Waals surface area contributed by atoms with E-state index in [-0.39, 0.29) is 17.1 Å². The van der Waals surface area contributed by atoms with Gasteiger partial charge in [0.05, 0.1) is 30.8 Å². The quantitative estimate of drug-likeness (QED) is 0.374. The van der Waals surface area contributed by atoms with Crippen molar-refractivity contribution >= 4 is 11.9 Å². The lowest BCUT2D eigenvalue weighted by Gasteiger charge is -2.54. The zero-order valence-corrected chi connectivity index (χ0v) is 15.4. The minimum atomic E-state index is -0.770. The highest BCUT2D eigenvalue weighted by molar-refractivity contribution is 5.92. The van der Waals surface area contributed by atoms with Gasteiger partial charge in [-0.1, -0.05) is 25.7 Å². The minimum absolute atomic E-state index is 0.0641. The first-order chi connectivity index (χ1) is 12.7. The second-order valence-electron chi connectivity index (χ2n) is 7.84. The number of aliphatic hydroxyl groups is 3. The molecule has 2 saturated carbocycles. The first kappa shape index (κ1) is 19.8. The summed E-state index contributed by atoms with van der Waals surface area (Å²) in [6.45, 7) is 8.87. The Balaban J connectivity index is 1.95. The third-order valence-corrected chi connectivity index (χ3v) is 6.31. The number of rotatable bonds is 4. The summed E-state index contributed by atoms with van der Waals surface area (Å²) in [4.78, 5) is 24.6. The smallest absolute Gasteiger partial charge is 0.336 e.